The summed E-state index contributed by atoms with van der Waals surface area (Å²) in [5, 5.41) is 0.450. The van der Waals surface area contributed by atoms with Crippen molar-refractivity contribution >= 4 is 11.8 Å². The monoisotopic (exact) mass is 270 g/mol. The normalized spacial score (nSPS) is 22.6. The summed E-state index contributed by atoms with van der Waals surface area (Å²) in [5.41, 5.74) is 9.25. The zero-order chi connectivity index (χ0) is 13.1. The van der Waals surface area contributed by atoms with E-state index in [1.54, 1.807) is 0 Å². The summed E-state index contributed by atoms with van der Waals surface area (Å²) in [6.07, 6.45) is 7.23. The van der Waals surface area contributed by atoms with Gasteiger partial charge < -0.3 is 5.73 Å². The first-order chi connectivity index (χ1) is 9.34. The standard InChI is InChI=1S/C16H18N2S/c17-16-14-6-2-1-4-12(14)5-3-7-15(16)19-13-8-10-18-11-9-13/h1-2,4,6,8-11,15-16H,3,5,7,17H2. The number of hydrogen-bond donors (Lipinski definition) is 1. The van der Waals surface area contributed by atoms with Gasteiger partial charge in [0.2, 0.25) is 0 Å². The predicted octanol–water partition coefficient (Wildman–Crippen LogP) is 3.58. The molecule has 2 nitrogen and oxygen atoms in total. The minimum absolute atomic E-state index is 0.122. The molecule has 2 aromatic rings. The summed E-state index contributed by atoms with van der Waals surface area (Å²) in [6.45, 7) is 0. The highest BCUT2D eigenvalue weighted by molar-refractivity contribution is 8.00. The number of pyridine rings is 1. The van der Waals surface area contributed by atoms with Gasteiger partial charge in [-0.3, -0.25) is 4.98 Å². The van der Waals surface area contributed by atoms with Crippen LogP contribution in [0.4, 0.5) is 0 Å². The number of aromatic nitrogens is 1. The summed E-state index contributed by atoms with van der Waals surface area (Å²) in [6, 6.07) is 12.9. The van der Waals surface area contributed by atoms with Gasteiger partial charge in [0, 0.05) is 28.6 Å². The smallest absolute Gasteiger partial charge is 0.0421 e. The van der Waals surface area contributed by atoms with Crippen molar-refractivity contribution in [2.24, 2.45) is 5.73 Å². The maximum absolute atomic E-state index is 6.50. The van der Waals surface area contributed by atoms with Crippen LogP contribution in [0.5, 0.6) is 0 Å². The van der Waals surface area contributed by atoms with Gasteiger partial charge in [-0.2, -0.15) is 0 Å². The number of fused-ring (bicyclic) bond motifs is 1. The molecular weight excluding hydrogens is 252 g/mol. The third kappa shape index (κ3) is 2.82. The maximum atomic E-state index is 6.50. The third-order valence-electron chi connectivity index (χ3n) is 3.69. The summed E-state index contributed by atoms with van der Waals surface area (Å²) in [4.78, 5) is 5.33. The van der Waals surface area contributed by atoms with E-state index in [4.69, 9.17) is 5.73 Å². The third-order valence-corrected chi connectivity index (χ3v) is 5.06. The van der Waals surface area contributed by atoms with Crippen LogP contribution in [0.25, 0.3) is 0 Å². The van der Waals surface area contributed by atoms with Crippen molar-refractivity contribution in [2.45, 2.75) is 35.4 Å². The average Bonchev–Trinajstić information content (AvgIpc) is 2.61. The Kier molecular flexibility index (Phi) is 3.85. The second kappa shape index (κ2) is 5.76. The van der Waals surface area contributed by atoms with E-state index in [0.29, 0.717) is 5.25 Å². The van der Waals surface area contributed by atoms with Crippen LogP contribution in [0.2, 0.25) is 0 Å². The minimum atomic E-state index is 0.122. The van der Waals surface area contributed by atoms with E-state index in [1.165, 1.54) is 28.9 Å². The molecule has 2 atom stereocenters. The largest absolute Gasteiger partial charge is 0.323 e. The van der Waals surface area contributed by atoms with Crippen molar-refractivity contribution in [3.63, 3.8) is 0 Å². The molecular formula is C16H18N2S. The summed E-state index contributed by atoms with van der Waals surface area (Å²) >= 11 is 1.88. The molecule has 3 heteroatoms. The molecule has 0 radical (unpaired) electrons. The quantitative estimate of drug-likeness (QED) is 0.848. The number of rotatable bonds is 2. The molecule has 1 heterocycles. The van der Waals surface area contributed by atoms with Gasteiger partial charge >= 0.3 is 0 Å². The van der Waals surface area contributed by atoms with Crippen molar-refractivity contribution < 1.29 is 0 Å². The van der Waals surface area contributed by atoms with Gasteiger partial charge in [-0.1, -0.05) is 24.3 Å². The molecule has 0 spiro atoms. The van der Waals surface area contributed by atoms with Crippen LogP contribution >= 0.6 is 11.8 Å². The van der Waals surface area contributed by atoms with Crippen LogP contribution in [0.3, 0.4) is 0 Å². The van der Waals surface area contributed by atoms with Crippen LogP contribution < -0.4 is 5.73 Å². The molecule has 19 heavy (non-hydrogen) atoms. The van der Waals surface area contributed by atoms with E-state index < -0.39 is 0 Å². The number of nitrogens with two attached hydrogens (primary N) is 1. The van der Waals surface area contributed by atoms with E-state index in [0.717, 1.165) is 6.42 Å². The van der Waals surface area contributed by atoms with Crippen LogP contribution in [-0.2, 0) is 6.42 Å². The maximum Gasteiger partial charge on any atom is 0.0421 e. The fourth-order valence-corrected chi connectivity index (χ4v) is 3.89. The molecule has 1 aromatic carbocycles. The van der Waals surface area contributed by atoms with Crippen molar-refractivity contribution in [3.05, 3.63) is 59.9 Å². The van der Waals surface area contributed by atoms with Gasteiger partial charge in [0.05, 0.1) is 0 Å². The van der Waals surface area contributed by atoms with Gasteiger partial charge in [-0.05, 0) is 42.5 Å². The van der Waals surface area contributed by atoms with Crippen LogP contribution in [0, 0.1) is 0 Å². The second-order valence-electron chi connectivity index (χ2n) is 4.96. The Labute approximate surface area is 118 Å². The van der Waals surface area contributed by atoms with E-state index in [-0.39, 0.29) is 6.04 Å². The van der Waals surface area contributed by atoms with Crippen molar-refractivity contribution in [2.75, 3.05) is 0 Å². The highest BCUT2D eigenvalue weighted by Gasteiger charge is 2.25. The first-order valence-corrected chi connectivity index (χ1v) is 7.62. The van der Waals surface area contributed by atoms with Gasteiger partial charge in [-0.15, -0.1) is 11.8 Å². The number of benzene rings is 1. The molecule has 0 saturated heterocycles. The topological polar surface area (TPSA) is 38.9 Å². The molecule has 0 aliphatic heterocycles. The molecule has 1 aromatic heterocycles. The van der Waals surface area contributed by atoms with E-state index >= 15 is 0 Å². The van der Waals surface area contributed by atoms with Crippen molar-refractivity contribution in [1.82, 2.24) is 4.98 Å². The van der Waals surface area contributed by atoms with Crippen LogP contribution in [-0.4, -0.2) is 10.2 Å². The first kappa shape index (κ1) is 12.7. The Morgan fingerprint density at radius 1 is 1.11 bits per heavy atom. The van der Waals surface area contributed by atoms with Crippen LogP contribution in [0.1, 0.15) is 30.0 Å². The molecule has 3 rings (SSSR count). The second-order valence-corrected chi connectivity index (χ2v) is 6.27. The molecule has 1 aliphatic carbocycles. The molecule has 2 unspecified atom stereocenters. The minimum Gasteiger partial charge on any atom is -0.323 e. The van der Waals surface area contributed by atoms with E-state index in [1.807, 2.05) is 24.2 Å². The number of hydrogen-bond acceptors (Lipinski definition) is 3. The zero-order valence-electron chi connectivity index (χ0n) is 10.8. The molecule has 0 saturated carbocycles. The Morgan fingerprint density at radius 3 is 2.74 bits per heavy atom. The Morgan fingerprint density at radius 2 is 1.89 bits per heavy atom. The molecule has 0 fully saturated rings. The van der Waals surface area contributed by atoms with E-state index in [2.05, 4.69) is 41.4 Å². The van der Waals surface area contributed by atoms with E-state index in [9.17, 15) is 0 Å². The fraction of sp³-hybridized carbons (Fsp3) is 0.312. The lowest BCUT2D eigenvalue weighted by Gasteiger charge is -2.22. The lowest BCUT2D eigenvalue weighted by molar-refractivity contribution is 0.632. The van der Waals surface area contributed by atoms with Crippen molar-refractivity contribution in [1.29, 1.82) is 0 Å². The highest BCUT2D eigenvalue weighted by Crippen LogP contribution is 2.37. The fourth-order valence-electron chi connectivity index (χ4n) is 2.68. The van der Waals surface area contributed by atoms with Crippen molar-refractivity contribution in [3.8, 4) is 0 Å². The molecule has 0 bridgehead atoms. The lowest BCUT2D eigenvalue weighted by atomic mass is 10.00. The first-order valence-electron chi connectivity index (χ1n) is 6.74. The predicted molar refractivity (Wildman–Crippen MR) is 80.2 cm³/mol. The zero-order valence-corrected chi connectivity index (χ0v) is 11.6. The Bertz CT molecular complexity index is 541. The summed E-state index contributed by atoms with van der Waals surface area (Å²) in [7, 11) is 0. The van der Waals surface area contributed by atoms with Gasteiger partial charge in [0.25, 0.3) is 0 Å². The SMILES string of the molecule is NC1c2ccccc2CCCC1Sc1ccncc1. The number of thioether (sulfide) groups is 1. The average molecular weight is 270 g/mol. The summed E-state index contributed by atoms with van der Waals surface area (Å²) in [5.74, 6) is 0. The number of nitrogens with zero attached hydrogens (tertiary/aromatic N) is 1. The number of aryl methyl sites for hydroxylation is 1. The lowest BCUT2D eigenvalue weighted by Crippen LogP contribution is -2.23. The molecule has 98 valence electrons. The van der Waals surface area contributed by atoms with Gasteiger partial charge in [0.15, 0.2) is 0 Å². The summed E-state index contributed by atoms with van der Waals surface area (Å²) < 4.78 is 0. The molecule has 0 amide bonds. The van der Waals surface area contributed by atoms with Gasteiger partial charge in [0.1, 0.15) is 0 Å². The highest BCUT2D eigenvalue weighted by atomic mass is 32.2. The van der Waals surface area contributed by atoms with Crippen LogP contribution in [0.15, 0.2) is 53.7 Å². The van der Waals surface area contributed by atoms with Gasteiger partial charge in [-0.25, -0.2) is 0 Å². The Hall–Kier alpha value is -1.32. The Balaban J connectivity index is 1.84. The molecule has 1 aliphatic rings. The molecule has 2 N–H and O–H groups in total.